The summed E-state index contributed by atoms with van der Waals surface area (Å²) in [5, 5.41) is 0. The van der Waals surface area contributed by atoms with E-state index in [4.69, 9.17) is 4.74 Å². The van der Waals surface area contributed by atoms with Gasteiger partial charge in [0, 0.05) is 24.4 Å². The lowest BCUT2D eigenvalue weighted by Crippen LogP contribution is -2.19. The predicted molar refractivity (Wildman–Crippen MR) is 106 cm³/mol. The molecule has 0 radical (unpaired) electrons. The lowest BCUT2D eigenvalue weighted by molar-refractivity contribution is 0.150. The zero-order chi connectivity index (χ0) is 19.0. The molecule has 2 rings (SSSR count). The van der Waals surface area contributed by atoms with E-state index in [1.807, 2.05) is 38.1 Å². The fraction of sp³-hybridized carbons (Fsp3) is 0.524. The highest BCUT2D eigenvalue weighted by Crippen LogP contribution is 2.22. The smallest absolute Gasteiger partial charge is 0.268 e. The average Bonchev–Trinajstić information content (AvgIpc) is 3.03. The van der Waals surface area contributed by atoms with Crippen molar-refractivity contribution in [3.05, 3.63) is 53.3 Å². The first-order valence-electron chi connectivity index (χ1n) is 9.60. The highest BCUT2D eigenvalue weighted by molar-refractivity contribution is 7.90. The third kappa shape index (κ3) is 5.21. The summed E-state index contributed by atoms with van der Waals surface area (Å²) in [5.74, 6) is 0. The molecule has 1 aromatic heterocycles. The lowest BCUT2D eigenvalue weighted by atomic mass is 10.1. The Labute approximate surface area is 158 Å². The van der Waals surface area contributed by atoms with Gasteiger partial charge in [-0.1, -0.05) is 43.9 Å². The van der Waals surface area contributed by atoms with Gasteiger partial charge >= 0.3 is 0 Å². The Balaban J connectivity index is 2.34. The summed E-state index contributed by atoms with van der Waals surface area (Å²) >= 11 is 0. The van der Waals surface area contributed by atoms with Gasteiger partial charge in [-0.05, 0) is 51.0 Å². The van der Waals surface area contributed by atoms with Crippen LogP contribution in [0, 0.1) is 6.92 Å². The van der Waals surface area contributed by atoms with Crippen LogP contribution in [0.15, 0.2) is 41.3 Å². The van der Waals surface area contributed by atoms with Crippen LogP contribution in [-0.2, 0) is 27.6 Å². The lowest BCUT2D eigenvalue weighted by Gasteiger charge is -2.15. The van der Waals surface area contributed by atoms with Gasteiger partial charge in [-0.3, -0.25) is 0 Å². The summed E-state index contributed by atoms with van der Waals surface area (Å²) < 4.78 is 33.6. The first kappa shape index (κ1) is 20.7. The van der Waals surface area contributed by atoms with Crippen molar-refractivity contribution in [3.63, 3.8) is 0 Å². The number of aromatic nitrogens is 1. The Morgan fingerprint density at radius 1 is 0.885 bits per heavy atom. The number of hydrogen-bond acceptors (Lipinski definition) is 3. The van der Waals surface area contributed by atoms with E-state index in [9.17, 15) is 8.42 Å². The SMILES string of the molecule is CCCCCCc1ccc(CCOCC)n1S(=O)(=O)c1ccc(C)cc1. The molecule has 0 saturated heterocycles. The van der Waals surface area contributed by atoms with Gasteiger partial charge in [-0.15, -0.1) is 0 Å². The number of hydrogen-bond donors (Lipinski definition) is 0. The van der Waals surface area contributed by atoms with Crippen molar-refractivity contribution in [2.45, 2.75) is 64.2 Å². The minimum atomic E-state index is -3.59. The van der Waals surface area contributed by atoms with E-state index < -0.39 is 10.0 Å². The van der Waals surface area contributed by atoms with Crippen molar-refractivity contribution in [2.75, 3.05) is 13.2 Å². The molecule has 0 unspecified atom stereocenters. The zero-order valence-corrected chi connectivity index (χ0v) is 17.0. The summed E-state index contributed by atoms with van der Waals surface area (Å²) in [6.07, 6.45) is 5.85. The fourth-order valence-electron chi connectivity index (χ4n) is 3.06. The van der Waals surface area contributed by atoms with Crippen molar-refractivity contribution in [1.82, 2.24) is 3.97 Å². The Bertz CT molecular complexity index is 776. The third-order valence-electron chi connectivity index (χ3n) is 4.54. The molecule has 0 atom stereocenters. The summed E-state index contributed by atoms with van der Waals surface area (Å²) in [7, 11) is -3.59. The van der Waals surface area contributed by atoms with Crippen LogP contribution in [0.5, 0.6) is 0 Å². The molecule has 0 N–H and O–H groups in total. The van der Waals surface area contributed by atoms with Crippen molar-refractivity contribution >= 4 is 10.0 Å². The zero-order valence-electron chi connectivity index (χ0n) is 16.2. The molecule has 0 aliphatic rings. The van der Waals surface area contributed by atoms with Gasteiger partial charge in [0.2, 0.25) is 0 Å². The van der Waals surface area contributed by atoms with E-state index in [0.717, 1.165) is 36.2 Å². The molecule has 0 amide bonds. The van der Waals surface area contributed by atoms with E-state index >= 15 is 0 Å². The Hall–Kier alpha value is -1.59. The predicted octanol–water partition coefficient (Wildman–Crippen LogP) is 4.74. The summed E-state index contributed by atoms with van der Waals surface area (Å²) in [6.45, 7) is 7.24. The molecule has 0 fully saturated rings. The standard InChI is InChI=1S/C21H31NO3S/c1-4-6-7-8-9-19-12-13-20(16-17-25-5-2)22(19)26(23,24)21-14-10-18(3)11-15-21/h10-15H,4-9,16-17H2,1-3H3. The minimum absolute atomic E-state index is 0.340. The monoisotopic (exact) mass is 377 g/mol. The molecule has 1 aromatic carbocycles. The maximum absolute atomic E-state index is 13.3. The number of nitrogens with zero attached hydrogens (tertiary/aromatic N) is 1. The van der Waals surface area contributed by atoms with Gasteiger partial charge in [0.05, 0.1) is 11.5 Å². The number of aryl methyl sites for hydroxylation is 2. The highest BCUT2D eigenvalue weighted by Gasteiger charge is 2.22. The first-order valence-corrected chi connectivity index (χ1v) is 11.0. The molecule has 4 nitrogen and oxygen atoms in total. The molecular weight excluding hydrogens is 346 g/mol. The van der Waals surface area contributed by atoms with Crippen molar-refractivity contribution in [2.24, 2.45) is 0 Å². The van der Waals surface area contributed by atoms with Crippen LogP contribution >= 0.6 is 0 Å². The van der Waals surface area contributed by atoms with Gasteiger partial charge in [0.25, 0.3) is 10.0 Å². The Kier molecular flexibility index (Phi) is 7.91. The van der Waals surface area contributed by atoms with Crippen molar-refractivity contribution in [3.8, 4) is 0 Å². The van der Waals surface area contributed by atoms with Crippen LogP contribution in [-0.4, -0.2) is 25.6 Å². The number of unbranched alkanes of at least 4 members (excludes halogenated alkanes) is 3. The molecule has 2 aromatic rings. The Morgan fingerprint density at radius 2 is 1.54 bits per heavy atom. The van der Waals surface area contributed by atoms with E-state index in [2.05, 4.69) is 6.92 Å². The van der Waals surface area contributed by atoms with Gasteiger partial charge < -0.3 is 4.74 Å². The normalized spacial score (nSPS) is 11.8. The van der Waals surface area contributed by atoms with Crippen LogP contribution in [0.1, 0.15) is 56.5 Å². The van der Waals surface area contributed by atoms with Crippen LogP contribution in [0.2, 0.25) is 0 Å². The molecular formula is C21H31NO3S. The van der Waals surface area contributed by atoms with Crippen molar-refractivity contribution < 1.29 is 13.2 Å². The topological polar surface area (TPSA) is 48.3 Å². The molecule has 26 heavy (non-hydrogen) atoms. The molecule has 0 bridgehead atoms. The molecule has 0 spiro atoms. The molecule has 5 heteroatoms. The van der Waals surface area contributed by atoms with Crippen LogP contribution in [0.3, 0.4) is 0 Å². The van der Waals surface area contributed by atoms with Gasteiger partial charge in [-0.2, -0.15) is 0 Å². The van der Waals surface area contributed by atoms with Crippen molar-refractivity contribution in [1.29, 1.82) is 0 Å². The highest BCUT2D eigenvalue weighted by atomic mass is 32.2. The molecule has 144 valence electrons. The van der Waals surface area contributed by atoms with E-state index in [0.29, 0.717) is 24.5 Å². The number of rotatable bonds is 11. The van der Waals surface area contributed by atoms with Crippen LogP contribution < -0.4 is 0 Å². The molecule has 1 heterocycles. The summed E-state index contributed by atoms with van der Waals surface area (Å²) in [4.78, 5) is 0.340. The first-order chi connectivity index (χ1) is 12.5. The second-order valence-corrected chi connectivity index (χ2v) is 8.44. The van der Waals surface area contributed by atoms with Crippen LogP contribution in [0.25, 0.3) is 0 Å². The fourth-order valence-corrected chi connectivity index (χ4v) is 4.67. The number of ether oxygens (including phenoxy) is 1. The van der Waals surface area contributed by atoms with Gasteiger partial charge in [0.1, 0.15) is 0 Å². The molecule has 0 aliphatic carbocycles. The summed E-state index contributed by atoms with van der Waals surface area (Å²) in [6, 6.07) is 11.0. The maximum Gasteiger partial charge on any atom is 0.268 e. The Morgan fingerprint density at radius 3 is 2.15 bits per heavy atom. The average molecular weight is 378 g/mol. The van der Waals surface area contributed by atoms with E-state index in [1.165, 1.54) is 12.8 Å². The molecule has 0 saturated carbocycles. The second-order valence-electron chi connectivity index (χ2n) is 6.66. The quantitative estimate of drug-likeness (QED) is 0.532. The van der Waals surface area contributed by atoms with Gasteiger partial charge in [-0.25, -0.2) is 12.4 Å². The minimum Gasteiger partial charge on any atom is -0.381 e. The summed E-state index contributed by atoms with van der Waals surface area (Å²) in [5.41, 5.74) is 2.71. The molecule has 0 aliphatic heterocycles. The second kappa shape index (κ2) is 9.93. The largest absolute Gasteiger partial charge is 0.381 e. The maximum atomic E-state index is 13.3. The third-order valence-corrected chi connectivity index (χ3v) is 6.36. The van der Waals surface area contributed by atoms with Gasteiger partial charge in [0.15, 0.2) is 0 Å². The van der Waals surface area contributed by atoms with E-state index in [-0.39, 0.29) is 0 Å². The van der Waals surface area contributed by atoms with E-state index in [1.54, 1.807) is 16.1 Å². The number of benzene rings is 1. The van der Waals surface area contributed by atoms with Crippen LogP contribution in [0.4, 0.5) is 0 Å².